The topological polar surface area (TPSA) is 26.3 Å². The van der Waals surface area contributed by atoms with Gasteiger partial charge < -0.3 is 4.74 Å². The number of ether oxygens (including phenoxy) is 1. The summed E-state index contributed by atoms with van der Waals surface area (Å²) in [5.74, 6) is 0.830. The fourth-order valence-electron chi connectivity index (χ4n) is 1.62. The Kier molecular flexibility index (Phi) is 3.89. The van der Waals surface area contributed by atoms with Crippen molar-refractivity contribution in [3.8, 4) is 5.75 Å². The van der Waals surface area contributed by atoms with Crippen LogP contribution in [0.5, 0.6) is 5.75 Å². The van der Waals surface area contributed by atoms with Gasteiger partial charge in [0.15, 0.2) is 0 Å². The van der Waals surface area contributed by atoms with Crippen molar-refractivity contribution in [1.29, 1.82) is 0 Å². The van der Waals surface area contributed by atoms with Crippen LogP contribution in [0.1, 0.15) is 39.2 Å². The van der Waals surface area contributed by atoms with Crippen LogP contribution >= 0.6 is 0 Å². The zero-order valence-electron chi connectivity index (χ0n) is 9.78. The maximum absolute atomic E-state index is 11.3. The molecule has 2 nitrogen and oxygen atoms in total. The molecule has 0 amide bonds. The third kappa shape index (κ3) is 2.20. The van der Waals surface area contributed by atoms with Crippen LogP contribution in [0.3, 0.4) is 0 Å². The molecule has 1 aromatic carbocycles. The molecule has 1 aliphatic heterocycles. The normalized spacial score (nSPS) is 23.3. The van der Waals surface area contributed by atoms with Gasteiger partial charge in [0.05, 0.1) is 5.92 Å². The van der Waals surface area contributed by atoms with Gasteiger partial charge in [-0.1, -0.05) is 45.9 Å². The summed E-state index contributed by atoms with van der Waals surface area (Å²) in [4.78, 5) is 11.3. The van der Waals surface area contributed by atoms with E-state index in [1.165, 1.54) is 0 Å². The van der Waals surface area contributed by atoms with Gasteiger partial charge in [0.2, 0.25) is 0 Å². The molecule has 82 valence electrons. The van der Waals surface area contributed by atoms with E-state index in [-0.39, 0.29) is 17.8 Å². The van der Waals surface area contributed by atoms with Gasteiger partial charge in [0, 0.05) is 0 Å². The molecule has 2 unspecified atom stereocenters. The van der Waals surface area contributed by atoms with Crippen LogP contribution < -0.4 is 4.74 Å². The first-order valence-electron chi connectivity index (χ1n) is 5.51. The monoisotopic (exact) mass is 206 g/mol. The molecule has 15 heavy (non-hydrogen) atoms. The van der Waals surface area contributed by atoms with Crippen LogP contribution in [0.15, 0.2) is 24.3 Å². The number of hydrogen-bond donors (Lipinski definition) is 0. The molecule has 0 bridgehead atoms. The minimum absolute atomic E-state index is 0.0325. The summed E-state index contributed by atoms with van der Waals surface area (Å²) in [5.41, 5.74) is 1.13. The van der Waals surface area contributed by atoms with E-state index in [4.69, 9.17) is 4.74 Å². The van der Waals surface area contributed by atoms with Crippen LogP contribution in [-0.2, 0) is 4.79 Å². The minimum atomic E-state index is -0.119. The van der Waals surface area contributed by atoms with Crippen molar-refractivity contribution in [2.75, 3.05) is 0 Å². The SMILES string of the molecule is CC.CC1C(=O)Oc2ccccc2C1C. The highest BCUT2D eigenvalue weighted by molar-refractivity contribution is 5.78. The summed E-state index contributed by atoms with van der Waals surface area (Å²) in [6, 6.07) is 7.72. The largest absolute Gasteiger partial charge is 0.426 e. The van der Waals surface area contributed by atoms with E-state index in [1.807, 2.05) is 45.0 Å². The molecule has 2 atom stereocenters. The van der Waals surface area contributed by atoms with Crippen molar-refractivity contribution >= 4 is 5.97 Å². The number of carbonyl (C=O) groups excluding carboxylic acids is 1. The molecule has 2 heteroatoms. The van der Waals surface area contributed by atoms with Gasteiger partial charge in [0.25, 0.3) is 0 Å². The van der Waals surface area contributed by atoms with Gasteiger partial charge in [-0.15, -0.1) is 0 Å². The maximum atomic E-state index is 11.3. The van der Waals surface area contributed by atoms with E-state index in [0.29, 0.717) is 0 Å². The van der Waals surface area contributed by atoms with Crippen molar-refractivity contribution in [2.45, 2.75) is 33.6 Å². The van der Waals surface area contributed by atoms with Crippen LogP contribution in [0, 0.1) is 5.92 Å². The lowest BCUT2D eigenvalue weighted by atomic mass is 9.86. The Balaban J connectivity index is 0.000000531. The van der Waals surface area contributed by atoms with Crippen molar-refractivity contribution in [3.05, 3.63) is 29.8 Å². The zero-order valence-corrected chi connectivity index (χ0v) is 9.78. The average molecular weight is 206 g/mol. The fraction of sp³-hybridized carbons (Fsp3) is 0.462. The predicted octanol–water partition coefficient (Wildman–Crippen LogP) is 3.37. The van der Waals surface area contributed by atoms with E-state index in [9.17, 15) is 4.79 Å². The summed E-state index contributed by atoms with van der Waals surface area (Å²) < 4.78 is 5.18. The van der Waals surface area contributed by atoms with Gasteiger partial charge in [-0.05, 0) is 17.5 Å². The highest BCUT2D eigenvalue weighted by Gasteiger charge is 2.30. The Morgan fingerprint density at radius 1 is 1.07 bits per heavy atom. The van der Waals surface area contributed by atoms with Gasteiger partial charge in [0.1, 0.15) is 5.75 Å². The third-order valence-electron chi connectivity index (χ3n) is 2.74. The summed E-state index contributed by atoms with van der Waals surface area (Å²) in [7, 11) is 0. The first-order chi connectivity index (χ1) is 7.20. The molecular weight excluding hydrogens is 188 g/mol. The van der Waals surface area contributed by atoms with Crippen molar-refractivity contribution in [3.63, 3.8) is 0 Å². The quantitative estimate of drug-likeness (QED) is 0.480. The molecule has 0 fully saturated rings. The van der Waals surface area contributed by atoms with E-state index in [1.54, 1.807) is 0 Å². The lowest BCUT2D eigenvalue weighted by Crippen LogP contribution is -2.27. The molecule has 0 radical (unpaired) electrons. The number of para-hydroxylation sites is 1. The number of rotatable bonds is 0. The molecule has 0 saturated heterocycles. The summed E-state index contributed by atoms with van der Waals surface area (Å²) in [6.07, 6.45) is 0. The lowest BCUT2D eigenvalue weighted by molar-refractivity contribution is -0.140. The second-order valence-electron chi connectivity index (χ2n) is 3.54. The molecule has 0 spiro atoms. The molecule has 1 heterocycles. The molecule has 0 N–H and O–H groups in total. The van der Waals surface area contributed by atoms with Crippen LogP contribution in [0.25, 0.3) is 0 Å². The molecular formula is C13H18O2. The Labute approximate surface area is 91.3 Å². The number of hydrogen-bond acceptors (Lipinski definition) is 2. The number of esters is 1. The van der Waals surface area contributed by atoms with Crippen LogP contribution in [0.4, 0.5) is 0 Å². The first-order valence-corrected chi connectivity index (χ1v) is 5.51. The molecule has 1 aromatic rings. The van der Waals surface area contributed by atoms with Gasteiger partial charge in [-0.2, -0.15) is 0 Å². The summed E-state index contributed by atoms with van der Waals surface area (Å²) >= 11 is 0. The second kappa shape index (κ2) is 4.96. The Morgan fingerprint density at radius 2 is 1.67 bits per heavy atom. The summed E-state index contributed by atoms with van der Waals surface area (Å²) in [5, 5.41) is 0. The predicted molar refractivity (Wildman–Crippen MR) is 61.0 cm³/mol. The Morgan fingerprint density at radius 3 is 2.33 bits per heavy atom. The van der Waals surface area contributed by atoms with E-state index >= 15 is 0 Å². The molecule has 0 saturated carbocycles. The highest BCUT2D eigenvalue weighted by Crippen LogP contribution is 2.36. The van der Waals surface area contributed by atoms with Gasteiger partial charge in [-0.3, -0.25) is 4.79 Å². The minimum Gasteiger partial charge on any atom is -0.426 e. The zero-order chi connectivity index (χ0) is 11.4. The smallest absolute Gasteiger partial charge is 0.314 e. The third-order valence-corrected chi connectivity index (χ3v) is 2.74. The van der Waals surface area contributed by atoms with E-state index in [2.05, 4.69) is 6.92 Å². The average Bonchev–Trinajstić information content (AvgIpc) is 2.29. The maximum Gasteiger partial charge on any atom is 0.314 e. The Hall–Kier alpha value is -1.31. The van der Waals surface area contributed by atoms with Crippen molar-refractivity contribution in [2.24, 2.45) is 5.92 Å². The van der Waals surface area contributed by atoms with Gasteiger partial charge in [-0.25, -0.2) is 0 Å². The van der Waals surface area contributed by atoms with Crippen LogP contribution in [-0.4, -0.2) is 5.97 Å². The lowest BCUT2D eigenvalue weighted by Gasteiger charge is -2.26. The molecule has 0 aliphatic carbocycles. The number of fused-ring (bicyclic) bond motifs is 1. The van der Waals surface area contributed by atoms with E-state index < -0.39 is 0 Å². The first kappa shape index (κ1) is 11.8. The molecule has 0 aromatic heterocycles. The summed E-state index contributed by atoms with van der Waals surface area (Å²) in [6.45, 7) is 7.97. The molecule has 1 aliphatic rings. The highest BCUT2D eigenvalue weighted by atomic mass is 16.5. The van der Waals surface area contributed by atoms with E-state index in [0.717, 1.165) is 11.3 Å². The Bertz CT molecular complexity index is 344. The second-order valence-corrected chi connectivity index (χ2v) is 3.54. The van der Waals surface area contributed by atoms with Crippen molar-refractivity contribution < 1.29 is 9.53 Å². The number of benzene rings is 1. The van der Waals surface area contributed by atoms with Crippen LogP contribution in [0.2, 0.25) is 0 Å². The number of carbonyl (C=O) groups is 1. The van der Waals surface area contributed by atoms with Gasteiger partial charge >= 0.3 is 5.97 Å². The standard InChI is InChI=1S/C11H12O2.C2H6/c1-7-8(2)11(12)13-10-6-4-3-5-9(7)10;1-2/h3-8H,1-2H3;1-2H3. The molecule has 2 rings (SSSR count). The van der Waals surface area contributed by atoms with Crippen molar-refractivity contribution in [1.82, 2.24) is 0 Å². The fourth-order valence-corrected chi connectivity index (χ4v) is 1.62.